The van der Waals surface area contributed by atoms with Gasteiger partial charge in [0.25, 0.3) is 0 Å². The van der Waals surface area contributed by atoms with Gasteiger partial charge in [-0.25, -0.2) is 0 Å². The summed E-state index contributed by atoms with van der Waals surface area (Å²) in [6, 6.07) is 20.9. The first-order chi connectivity index (χ1) is 18.0. The number of Topliss-reactive ketones (excluding diaryl/α,β-unsaturated/α-hetero) is 1. The minimum atomic E-state index is -0.426. The second-order valence-corrected chi connectivity index (χ2v) is 9.17. The van der Waals surface area contributed by atoms with Crippen LogP contribution in [-0.4, -0.2) is 25.5 Å². The van der Waals surface area contributed by atoms with E-state index in [1.807, 2.05) is 67.6 Å². The van der Waals surface area contributed by atoms with E-state index in [0.29, 0.717) is 36.5 Å². The summed E-state index contributed by atoms with van der Waals surface area (Å²) in [6.45, 7) is 3.92. The summed E-state index contributed by atoms with van der Waals surface area (Å²) in [5.74, 6) is 1.31. The van der Waals surface area contributed by atoms with E-state index in [9.17, 15) is 9.59 Å². The first-order valence-electron chi connectivity index (χ1n) is 12.4. The van der Waals surface area contributed by atoms with Gasteiger partial charge in [-0.05, 0) is 66.8 Å². The zero-order valence-corrected chi connectivity index (χ0v) is 21.2. The molecule has 3 aromatic carbocycles. The number of carbonyl (C=O) groups is 2. The van der Waals surface area contributed by atoms with Crippen LogP contribution in [0, 0.1) is 0 Å². The summed E-state index contributed by atoms with van der Waals surface area (Å²) >= 11 is 0. The van der Waals surface area contributed by atoms with Crippen molar-refractivity contribution in [3.8, 4) is 17.2 Å². The Balaban J connectivity index is 1.55. The Kier molecular flexibility index (Phi) is 6.86. The highest BCUT2D eigenvalue weighted by Crippen LogP contribution is 2.45. The van der Waals surface area contributed by atoms with Crippen LogP contribution in [0.1, 0.15) is 49.8 Å². The van der Waals surface area contributed by atoms with Gasteiger partial charge in [-0.2, -0.15) is 0 Å². The minimum Gasteiger partial charge on any atom is -0.494 e. The maximum atomic E-state index is 13.8. The highest BCUT2D eigenvalue weighted by atomic mass is 16.6. The van der Waals surface area contributed by atoms with Crippen LogP contribution in [0.15, 0.2) is 78.0 Å². The van der Waals surface area contributed by atoms with Gasteiger partial charge in [0.15, 0.2) is 17.3 Å². The van der Waals surface area contributed by atoms with Crippen LogP contribution in [0.25, 0.3) is 0 Å². The summed E-state index contributed by atoms with van der Waals surface area (Å²) in [4.78, 5) is 25.3. The van der Waals surface area contributed by atoms with Gasteiger partial charge in [0, 0.05) is 24.6 Å². The minimum absolute atomic E-state index is 0.0567. The van der Waals surface area contributed by atoms with E-state index in [0.717, 1.165) is 33.9 Å². The summed E-state index contributed by atoms with van der Waals surface area (Å²) in [5, 5.41) is 7.13. The monoisotopic (exact) mass is 498 g/mol. The van der Waals surface area contributed by atoms with Gasteiger partial charge >= 0.3 is 5.97 Å². The molecule has 190 valence electrons. The van der Waals surface area contributed by atoms with E-state index in [1.165, 1.54) is 14.0 Å². The normalized spacial score (nSPS) is 18.5. The molecule has 2 unspecified atom stereocenters. The van der Waals surface area contributed by atoms with Crippen LogP contribution >= 0.6 is 0 Å². The fraction of sp³-hybridized carbons (Fsp3) is 0.267. The number of para-hydroxylation sites is 2. The lowest BCUT2D eigenvalue weighted by molar-refractivity contribution is -0.132. The predicted octanol–water partition coefficient (Wildman–Crippen LogP) is 6.00. The molecule has 0 saturated carbocycles. The van der Waals surface area contributed by atoms with E-state index >= 15 is 0 Å². The molecule has 3 aromatic rings. The second kappa shape index (κ2) is 10.4. The van der Waals surface area contributed by atoms with Gasteiger partial charge in [0.05, 0.1) is 31.1 Å². The Morgan fingerprint density at radius 2 is 1.68 bits per heavy atom. The number of rotatable bonds is 6. The van der Waals surface area contributed by atoms with Crippen LogP contribution in [-0.2, 0) is 9.59 Å². The van der Waals surface area contributed by atoms with E-state index in [-0.39, 0.29) is 11.7 Å². The molecular formula is C30H30N2O5. The number of fused-ring (bicyclic) bond motifs is 1. The van der Waals surface area contributed by atoms with E-state index in [4.69, 9.17) is 14.2 Å². The molecule has 7 heteroatoms. The van der Waals surface area contributed by atoms with Crippen molar-refractivity contribution in [2.24, 2.45) is 0 Å². The second-order valence-electron chi connectivity index (χ2n) is 9.17. The van der Waals surface area contributed by atoms with Crippen molar-refractivity contribution in [3.63, 3.8) is 0 Å². The number of esters is 1. The first-order valence-corrected chi connectivity index (χ1v) is 12.4. The molecular weight excluding hydrogens is 468 g/mol. The average molecular weight is 499 g/mol. The molecule has 2 atom stereocenters. The molecule has 7 nitrogen and oxygen atoms in total. The number of carbonyl (C=O) groups excluding carboxylic acids is 2. The molecule has 2 N–H and O–H groups in total. The lowest BCUT2D eigenvalue weighted by Crippen LogP contribution is -2.27. The number of anilines is 2. The maximum Gasteiger partial charge on any atom is 0.308 e. The molecule has 0 radical (unpaired) electrons. The molecule has 0 aromatic heterocycles. The summed E-state index contributed by atoms with van der Waals surface area (Å²) < 4.78 is 16.4. The molecule has 0 bridgehead atoms. The zero-order valence-electron chi connectivity index (χ0n) is 21.2. The van der Waals surface area contributed by atoms with Crippen molar-refractivity contribution >= 4 is 23.1 Å². The molecule has 5 rings (SSSR count). The smallest absolute Gasteiger partial charge is 0.308 e. The summed E-state index contributed by atoms with van der Waals surface area (Å²) in [7, 11) is 1.53. The van der Waals surface area contributed by atoms with Gasteiger partial charge in [0.2, 0.25) is 0 Å². The molecule has 0 fully saturated rings. The molecule has 1 aliphatic heterocycles. The van der Waals surface area contributed by atoms with Crippen molar-refractivity contribution in [1.29, 1.82) is 0 Å². The third-order valence-electron chi connectivity index (χ3n) is 6.75. The van der Waals surface area contributed by atoms with E-state index in [2.05, 4.69) is 10.6 Å². The SMILES string of the molecule is CCOc1ccc(C2CC(=O)C3=C(C2)Nc2ccccc2NC3c2ccc(OC(C)=O)c(OC)c2)cc1. The molecule has 2 aliphatic rings. The fourth-order valence-corrected chi connectivity index (χ4v) is 5.08. The Hall–Kier alpha value is -4.26. The molecule has 0 amide bonds. The molecule has 37 heavy (non-hydrogen) atoms. The topological polar surface area (TPSA) is 85.9 Å². The number of methoxy groups -OCH3 is 1. The fourth-order valence-electron chi connectivity index (χ4n) is 5.08. The predicted molar refractivity (Wildman–Crippen MR) is 142 cm³/mol. The third kappa shape index (κ3) is 5.03. The van der Waals surface area contributed by atoms with Crippen LogP contribution in [0.5, 0.6) is 17.2 Å². The number of ketones is 1. The van der Waals surface area contributed by atoms with E-state index < -0.39 is 12.0 Å². The van der Waals surface area contributed by atoms with Crippen molar-refractivity contribution in [3.05, 3.63) is 89.1 Å². The van der Waals surface area contributed by atoms with E-state index in [1.54, 1.807) is 6.07 Å². The Labute approximate surface area is 216 Å². The van der Waals surface area contributed by atoms with Crippen LogP contribution in [0.4, 0.5) is 11.4 Å². The Morgan fingerprint density at radius 1 is 0.946 bits per heavy atom. The summed E-state index contributed by atoms with van der Waals surface area (Å²) in [6.07, 6.45) is 1.11. The van der Waals surface area contributed by atoms with Crippen molar-refractivity contribution in [1.82, 2.24) is 0 Å². The quantitative estimate of drug-likeness (QED) is 0.318. The number of benzene rings is 3. The molecule has 1 aliphatic carbocycles. The van der Waals surface area contributed by atoms with Gasteiger partial charge in [-0.1, -0.05) is 30.3 Å². The van der Waals surface area contributed by atoms with Crippen LogP contribution < -0.4 is 24.8 Å². The number of nitrogens with one attached hydrogen (secondary N) is 2. The maximum absolute atomic E-state index is 13.8. The third-order valence-corrected chi connectivity index (χ3v) is 6.75. The lowest BCUT2D eigenvalue weighted by Gasteiger charge is -2.30. The van der Waals surface area contributed by atoms with Crippen molar-refractivity contribution in [2.45, 2.75) is 38.6 Å². The zero-order chi connectivity index (χ0) is 25.9. The number of hydrogen-bond acceptors (Lipinski definition) is 7. The van der Waals surface area contributed by atoms with Gasteiger partial charge in [-0.3, -0.25) is 9.59 Å². The Morgan fingerprint density at radius 3 is 2.38 bits per heavy atom. The lowest BCUT2D eigenvalue weighted by atomic mass is 9.78. The molecule has 0 spiro atoms. The first kappa shape index (κ1) is 24.4. The number of hydrogen-bond donors (Lipinski definition) is 2. The Bertz CT molecular complexity index is 1360. The van der Waals surface area contributed by atoms with Crippen LogP contribution in [0.3, 0.4) is 0 Å². The summed E-state index contributed by atoms with van der Waals surface area (Å²) in [5.41, 5.74) is 5.38. The standard InChI is InChI=1S/C30H30N2O5/c1-4-36-22-12-9-19(10-13-22)21-15-25-29(26(34)16-21)30(32-24-8-6-5-7-23(24)31-25)20-11-14-27(37-18(2)33)28(17-20)35-3/h5-14,17,21,30-32H,4,15-16H2,1-3H3. The molecule has 1 heterocycles. The van der Waals surface area contributed by atoms with Gasteiger partial charge in [0.1, 0.15) is 5.75 Å². The number of allylic oxidation sites excluding steroid dienone is 1. The largest absolute Gasteiger partial charge is 0.494 e. The highest BCUT2D eigenvalue weighted by Gasteiger charge is 2.36. The van der Waals surface area contributed by atoms with Crippen molar-refractivity contribution in [2.75, 3.05) is 24.4 Å². The molecule has 0 saturated heterocycles. The highest BCUT2D eigenvalue weighted by molar-refractivity contribution is 6.01. The average Bonchev–Trinajstić information content (AvgIpc) is 3.06. The van der Waals surface area contributed by atoms with Gasteiger partial charge in [-0.15, -0.1) is 0 Å². The van der Waals surface area contributed by atoms with Crippen molar-refractivity contribution < 1.29 is 23.8 Å². The van der Waals surface area contributed by atoms with Gasteiger partial charge < -0.3 is 24.8 Å². The number of ether oxygens (including phenoxy) is 3. The van der Waals surface area contributed by atoms with Crippen LogP contribution in [0.2, 0.25) is 0 Å².